The molecule has 1 aliphatic heterocycles. The summed E-state index contributed by atoms with van der Waals surface area (Å²) in [6.45, 7) is 3.67. The second-order valence-electron chi connectivity index (χ2n) is 8.37. The van der Waals surface area contributed by atoms with Crippen LogP contribution in [0.15, 0.2) is 47.4 Å². The van der Waals surface area contributed by atoms with Gasteiger partial charge in [0.15, 0.2) is 0 Å². The van der Waals surface area contributed by atoms with E-state index in [4.69, 9.17) is 4.74 Å². The number of amides is 1. The van der Waals surface area contributed by atoms with Crippen molar-refractivity contribution >= 4 is 33.0 Å². The highest BCUT2D eigenvalue weighted by Gasteiger charge is 2.39. The molecule has 7 nitrogen and oxygen atoms in total. The second kappa shape index (κ2) is 8.78. The zero-order chi connectivity index (χ0) is 22.0. The minimum Gasteiger partial charge on any atom is -0.497 e. The van der Waals surface area contributed by atoms with Gasteiger partial charge >= 0.3 is 0 Å². The molecule has 2 aromatic rings. The molecule has 0 radical (unpaired) electrons. The molecule has 8 heteroatoms. The van der Waals surface area contributed by atoms with E-state index < -0.39 is 10.0 Å². The SMILES string of the molecule is COc1ccc(NS(=O)(=O)c2cc(NC(=O)[C@@H]3C[C@@H]3C)ccc2N2CCCCC2)cc1. The molecular weight excluding hydrogens is 414 g/mol. The van der Waals surface area contributed by atoms with E-state index in [1.165, 1.54) is 0 Å². The molecule has 31 heavy (non-hydrogen) atoms. The maximum absolute atomic E-state index is 13.4. The number of ether oxygens (including phenoxy) is 1. The number of hydrogen-bond acceptors (Lipinski definition) is 5. The molecule has 2 fully saturated rings. The summed E-state index contributed by atoms with van der Waals surface area (Å²) >= 11 is 0. The molecule has 1 saturated carbocycles. The molecule has 2 aromatic carbocycles. The number of piperidine rings is 1. The Morgan fingerprint density at radius 2 is 1.68 bits per heavy atom. The third kappa shape index (κ3) is 4.95. The average molecular weight is 444 g/mol. The second-order valence-corrected chi connectivity index (χ2v) is 10.0. The summed E-state index contributed by atoms with van der Waals surface area (Å²) in [7, 11) is -2.31. The van der Waals surface area contributed by atoms with Gasteiger partial charge in [0.25, 0.3) is 10.0 Å². The van der Waals surface area contributed by atoms with Gasteiger partial charge < -0.3 is 15.0 Å². The number of methoxy groups -OCH3 is 1. The van der Waals surface area contributed by atoms with Crippen molar-refractivity contribution < 1.29 is 17.9 Å². The first kappa shape index (κ1) is 21.5. The van der Waals surface area contributed by atoms with Crippen LogP contribution in [0.2, 0.25) is 0 Å². The van der Waals surface area contributed by atoms with Gasteiger partial charge in [-0.05, 0) is 74.1 Å². The third-order valence-electron chi connectivity index (χ3n) is 6.00. The summed E-state index contributed by atoms with van der Waals surface area (Å²) in [5.74, 6) is 0.993. The molecule has 1 saturated heterocycles. The van der Waals surface area contributed by atoms with E-state index in [9.17, 15) is 13.2 Å². The molecule has 2 aliphatic rings. The molecule has 4 rings (SSSR count). The monoisotopic (exact) mass is 443 g/mol. The van der Waals surface area contributed by atoms with Crippen molar-refractivity contribution in [2.24, 2.45) is 11.8 Å². The lowest BCUT2D eigenvalue weighted by molar-refractivity contribution is -0.117. The summed E-state index contributed by atoms with van der Waals surface area (Å²) in [5, 5.41) is 2.89. The average Bonchev–Trinajstić information content (AvgIpc) is 3.51. The Balaban J connectivity index is 1.65. The van der Waals surface area contributed by atoms with E-state index in [0.717, 1.165) is 38.8 Å². The van der Waals surface area contributed by atoms with E-state index in [-0.39, 0.29) is 16.7 Å². The van der Waals surface area contributed by atoms with Crippen LogP contribution in [0, 0.1) is 11.8 Å². The number of carbonyl (C=O) groups is 1. The number of carbonyl (C=O) groups excluding carboxylic acids is 1. The maximum Gasteiger partial charge on any atom is 0.264 e. The van der Waals surface area contributed by atoms with E-state index in [1.807, 2.05) is 6.92 Å². The smallest absolute Gasteiger partial charge is 0.264 e. The number of rotatable bonds is 7. The van der Waals surface area contributed by atoms with Crippen molar-refractivity contribution in [3.05, 3.63) is 42.5 Å². The van der Waals surface area contributed by atoms with Crippen molar-refractivity contribution in [2.75, 3.05) is 35.1 Å². The lowest BCUT2D eigenvalue weighted by Gasteiger charge is -2.30. The van der Waals surface area contributed by atoms with Crippen LogP contribution in [0.1, 0.15) is 32.6 Å². The predicted octanol–water partition coefficient (Wildman–Crippen LogP) is 4.08. The summed E-state index contributed by atoms with van der Waals surface area (Å²) in [5.41, 5.74) is 1.62. The fraction of sp³-hybridized carbons (Fsp3) is 0.435. The lowest BCUT2D eigenvalue weighted by atomic mass is 10.1. The Morgan fingerprint density at radius 3 is 2.29 bits per heavy atom. The summed E-state index contributed by atoms with van der Waals surface area (Å²) in [6, 6.07) is 11.9. The zero-order valence-corrected chi connectivity index (χ0v) is 18.7. The van der Waals surface area contributed by atoms with Gasteiger partial charge in [0.05, 0.1) is 12.8 Å². The number of benzene rings is 2. The van der Waals surface area contributed by atoms with Crippen molar-refractivity contribution in [1.82, 2.24) is 0 Å². The van der Waals surface area contributed by atoms with Crippen LogP contribution in [0.25, 0.3) is 0 Å². The minimum absolute atomic E-state index is 0.0132. The van der Waals surface area contributed by atoms with Gasteiger partial charge in [-0.3, -0.25) is 9.52 Å². The normalized spacial score (nSPS) is 20.8. The molecule has 0 bridgehead atoms. The highest BCUT2D eigenvalue weighted by molar-refractivity contribution is 7.92. The summed E-state index contributed by atoms with van der Waals surface area (Å²) in [4.78, 5) is 14.7. The van der Waals surface area contributed by atoms with Crippen LogP contribution in [-0.2, 0) is 14.8 Å². The van der Waals surface area contributed by atoms with Gasteiger partial charge in [-0.25, -0.2) is 8.42 Å². The van der Waals surface area contributed by atoms with Crippen molar-refractivity contribution in [3.8, 4) is 5.75 Å². The van der Waals surface area contributed by atoms with E-state index in [2.05, 4.69) is 14.9 Å². The topological polar surface area (TPSA) is 87.7 Å². The van der Waals surface area contributed by atoms with Crippen LogP contribution in [0.5, 0.6) is 5.75 Å². The first-order valence-corrected chi connectivity index (χ1v) is 12.2. The number of nitrogens with zero attached hydrogens (tertiary/aromatic N) is 1. The van der Waals surface area contributed by atoms with Crippen molar-refractivity contribution in [3.63, 3.8) is 0 Å². The summed E-state index contributed by atoms with van der Waals surface area (Å²) in [6.07, 6.45) is 4.09. The molecule has 1 heterocycles. The van der Waals surface area contributed by atoms with Gasteiger partial charge in [0.1, 0.15) is 10.6 Å². The van der Waals surface area contributed by atoms with Crippen LogP contribution < -0.4 is 19.7 Å². The number of sulfonamides is 1. The largest absolute Gasteiger partial charge is 0.497 e. The van der Waals surface area contributed by atoms with E-state index in [0.29, 0.717) is 28.7 Å². The Morgan fingerprint density at radius 1 is 1.03 bits per heavy atom. The molecule has 166 valence electrons. The predicted molar refractivity (Wildman–Crippen MR) is 122 cm³/mol. The Bertz CT molecular complexity index is 1050. The van der Waals surface area contributed by atoms with Crippen LogP contribution >= 0.6 is 0 Å². The quantitative estimate of drug-likeness (QED) is 0.673. The first-order valence-electron chi connectivity index (χ1n) is 10.7. The zero-order valence-electron chi connectivity index (χ0n) is 17.9. The van der Waals surface area contributed by atoms with Gasteiger partial charge in [-0.15, -0.1) is 0 Å². The number of anilines is 3. The maximum atomic E-state index is 13.4. The van der Waals surface area contributed by atoms with E-state index >= 15 is 0 Å². The molecule has 0 spiro atoms. The summed E-state index contributed by atoms with van der Waals surface area (Å²) < 4.78 is 34.6. The first-order chi connectivity index (χ1) is 14.9. The minimum atomic E-state index is -3.87. The number of hydrogen-bond donors (Lipinski definition) is 2. The molecule has 1 amide bonds. The van der Waals surface area contributed by atoms with Gasteiger partial charge in [-0.2, -0.15) is 0 Å². The Hall–Kier alpha value is -2.74. The van der Waals surface area contributed by atoms with Crippen LogP contribution in [0.4, 0.5) is 17.1 Å². The van der Waals surface area contributed by atoms with Gasteiger partial charge in [-0.1, -0.05) is 6.92 Å². The molecule has 2 N–H and O–H groups in total. The van der Waals surface area contributed by atoms with E-state index in [1.54, 1.807) is 49.6 Å². The van der Waals surface area contributed by atoms with Crippen LogP contribution in [-0.4, -0.2) is 34.5 Å². The highest BCUT2D eigenvalue weighted by Crippen LogP contribution is 2.39. The number of nitrogens with one attached hydrogen (secondary N) is 2. The third-order valence-corrected chi connectivity index (χ3v) is 7.41. The van der Waals surface area contributed by atoms with Gasteiger partial charge in [0, 0.05) is 30.4 Å². The van der Waals surface area contributed by atoms with Crippen LogP contribution in [0.3, 0.4) is 0 Å². The standard InChI is InChI=1S/C23H29N3O4S/c1-16-14-20(16)23(27)24-18-8-11-21(26-12-4-3-5-13-26)22(15-18)31(28,29)25-17-6-9-19(30-2)10-7-17/h6-11,15-16,20,25H,3-5,12-14H2,1-2H3,(H,24,27)/t16-,20+/m0/s1. The van der Waals surface area contributed by atoms with Crippen molar-refractivity contribution in [2.45, 2.75) is 37.5 Å². The fourth-order valence-electron chi connectivity index (χ4n) is 3.99. The molecule has 1 aliphatic carbocycles. The Kier molecular flexibility index (Phi) is 6.09. The highest BCUT2D eigenvalue weighted by atomic mass is 32.2. The molecule has 0 unspecified atom stereocenters. The molecule has 2 atom stereocenters. The van der Waals surface area contributed by atoms with Gasteiger partial charge in [0.2, 0.25) is 5.91 Å². The lowest BCUT2D eigenvalue weighted by Crippen LogP contribution is -2.31. The van der Waals surface area contributed by atoms with Crippen molar-refractivity contribution in [1.29, 1.82) is 0 Å². The molecule has 0 aromatic heterocycles. The Labute approximate surface area is 183 Å². The fourth-order valence-corrected chi connectivity index (χ4v) is 5.31. The molecular formula is C23H29N3O4S.